The zero-order valence-corrected chi connectivity index (χ0v) is 13.5. The van der Waals surface area contributed by atoms with E-state index in [1.54, 1.807) is 7.11 Å². The molecule has 0 aliphatic rings. The van der Waals surface area contributed by atoms with Crippen molar-refractivity contribution >= 4 is 0 Å². The van der Waals surface area contributed by atoms with E-state index in [2.05, 4.69) is 55.4 Å². The molecule has 0 bridgehead atoms. The van der Waals surface area contributed by atoms with Crippen LogP contribution in [0.4, 0.5) is 0 Å². The summed E-state index contributed by atoms with van der Waals surface area (Å²) in [4.78, 5) is 2.28. The molecule has 0 unspecified atom stereocenters. The highest BCUT2D eigenvalue weighted by Gasteiger charge is 2.01. The van der Waals surface area contributed by atoms with Gasteiger partial charge in [-0.1, -0.05) is 38.1 Å². The predicted molar refractivity (Wildman–Crippen MR) is 86.1 cm³/mol. The standard InChI is InChI=1S/C17H30N2O/c1-15(2)13-18-10-9-16-5-7-17(8-6-16)14-19(3)11-12-20-4/h5-8,15,18H,9-14H2,1-4H3. The van der Waals surface area contributed by atoms with Crippen LogP contribution in [0.3, 0.4) is 0 Å². The Kier molecular flexibility index (Phi) is 8.51. The molecule has 3 nitrogen and oxygen atoms in total. The van der Waals surface area contributed by atoms with E-state index >= 15 is 0 Å². The van der Waals surface area contributed by atoms with Crippen LogP contribution >= 0.6 is 0 Å². The van der Waals surface area contributed by atoms with Crippen molar-refractivity contribution in [2.75, 3.05) is 40.4 Å². The lowest BCUT2D eigenvalue weighted by Crippen LogP contribution is -2.22. The van der Waals surface area contributed by atoms with E-state index in [1.165, 1.54) is 11.1 Å². The number of nitrogens with one attached hydrogen (secondary N) is 1. The van der Waals surface area contributed by atoms with E-state index in [9.17, 15) is 0 Å². The Balaban J connectivity index is 2.29. The summed E-state index contributed by atoms with van der Waals surface area (Å²) in [7, 11) is 3.87. The molecule has 0 saturated carbocycles. The summed E-state index contributed by atoms with van der Waals surface area (Å²) in [6.07, 6.45) is 1.10. The quantitative estimate of drug-likeness (QED) is 0.666. The summed E-state index contributed by atoms with van der Waals surface area (Å²) in [6.45, 7) is 9.38. The first-order valence-corrected chi connectivity index (χ1v) is 7.58. The fraction of sp³-hybridized carbons (Fsp3) is 0.647. The van der Waals surface area contributed by atoms with Gasteiger partial charge in [-0.05, 0) is 43.6 Å². The first-order valence-electron chi connectivity index (χ1n) is 7.58. The van der Waals surface area contributed by atoms with E-state index in [0.29, 0.717) is 0 Å². The van der Waals surface area contributed by atoms with Crippen LogP contribution < -0.4 is 5.32 Å². The van der Waals surface area contributed by atoms with E-state index in [1.807, 2.05) is 0 Å². The van der Waals surface area contributed by atoms with Crippen molar-refractivity contribution in [2.45, 2.75) is 26.8 Å². The smallest absolute Gasteiger partial charge is 0.0589 e. The third kappa shape index (κ3) is 7.63. The zero-order valence-electron chi connectivity index (χ0n) is 13.5. The monoisotopic (exact) mass is 278 g/mol. The topological polar surface area (TPSA) is 24.5 Å². The Morgan fingerprint density at radius 3 is 2.40 bits per heavy atom. The van der Waals surface area contributed by atoms with Crippen molar-refractivity contribution in [1.82, 2.24) is 10.2 Å². The molecule has 0 aromatic heterocycles. The molecule has 0 amide bonds. The molecule has 0 saturated heterocycles. The third-order valence-corrected chi connectivity index (χ3v) is 3.30. The van der Waals surface area contributed by atoms with Crippen LogP contribution in [0.1, 0.15) is 25.0 Å². The molecule has 0 aliphatic heterocycles. The molecule has 3 heteroatoms. The predicted octanol–water partition coefficient (Wildman–Crippen LogP) is 2.55. The lowest BCUT2D eigenvalue weighted by Gasteiger charge is -2.16. The van der Waals surface area contributed by atoms with Crippen LogP contribution in [0.25, 0.3) is 0 Å². The number of ether oxygens (including phenoxy) is 1. The minimum absolute atomic E-state index is 0.722. The lowest BCUT2D eigenvalue weighted by atomic mass is 10.1. The molecule has 0 spiro atoms. The highest BCUT2D eigenvalue weighted by molar-refractivity contribution is 5.22. The number of rotatable bonds is 10. The molecule has 0 radical (unpaired) electrons. The molecule has 0 atom stereocenters. The largest absolute Gasteiger partial charge is 0.383 e. The summed E-state index contributed by atoms with van der Waals surface area (Å²) in [5.74, 6) is 0.722. The van der Waals surface area contributed by atoms with Crippen molar-refractivity contribution in [2.24, 2.45) is 5.92 Å². The van der Waals surface area contributed by atoms with E-state index in [0.717, 1.165) is 45.1 Å². The van der Waals surface area contributed by atoms with Gasteiger partial charge in [-0.15, -0.1) is 0 Å². The Morgan fingerprint density at radius 1 is 1.15 bits per heavy atom. The van der Waals surface area contributed by atoms with Crippen molar-refractivity contribution in [3.05, 3.63) is 35.4 Å². The van der Waals surface area contributed by atoms with Crippen molar-refractivity contribution in [3.63, 3.8) is 0 Å². The first kappa shape index (κ1) is 17.2. The van der Waals surface area contributed by atoms with Gasteiger partial charge in [0.05, 0.1) is 6.61 Å². The van der Waals surface area contributed by atoms with Gasteiger partial charge in [-0.2, -0.15) is 0 Å². The van der Waals surface area contributed by atoms with Gasteiger partial charge >= 0.3 is 0 Å². The molecule has 0 fully saturated rings. The van der Waals surface area contributed by atoms with Crippen molar-refractivity contribution in [3.8, 4) is 0 Å². The maximum absolute atomic E-state index is 5.09. The molecular formula is C17H30N2O. The molecule has 1 N–H and O–H groups in total. The van der Waals surface area contributed by atoms with Crippen LogP contribution in [0.15, 0.2) is 24.3 Å². The van der Waals surface area contributed by atoms with Crippen LogP contribution in [0.2, 0.25) is 0 Å². The summed E-state index contributed by atoms with van der Waals surface area (Å²) < 4.78 is 5.09. The van der Waals surface area contributed by atoms with Gasteiger partial charge in [0.25, 0.3) is 0 Å². The number of hydrogen-bond acceptors (Lipinski definition) is 3. The van der Waals surface area contributed by atoms with Crippen LogP contribution in [-0.4, -0.2) is 45.3 Å². The van der Waals surface area contributed by atoms with Crippen LogP contribution in [0.5, 0.6) is 0 Å². The highest BCUT2D eigenvalue weighted by atomic mass is 16.5. The summed E-state index contributed by atoms with van der Waals surface area (Å²) in [6, 6.07) is 8.97. The molecule has 114 valence electrons. The molecule has 20 heavy (non-hydrogen) atoms. The number of hydrogen-bond donors (Lipinski definition) is 1. The minimum atomic E-state index is 0.722. The van der Waals surface area contributed by atoms with Gasteiger partial charge in [0.1, 0.15) is 0 Å². The number of nitrogens with zero attached hydrogens (tertiary/aromatic N) is 1. The fourth-order valence-electron chi connectivity index (χ4n) is 2.07. The SMILES string of the molecule is COCCN(C)Cc1ccc(CCNCC(C)C)cc1. The van der Waals surface area contributed by atoms with Gasteiger partial charge in [0, 0.05) is 20.2 Å². The second kappa shape index (κ2) is 9.92. The van der Waals surface area contributed by atoms with E-state index in [4.69, 9.17) is 4.74 Å². The molecule has 1 aromatic rings. The third-order valence-electron chi connectivity index (χ3n) is 3.30. The highest BCUT2D eigenvalue weighted by Crippen LogP contribution is 2.07. The summed E-state index contributed by atoms with van der Waals surface area (Å²) in [5, 5.41) is 3.48. The Bertz CT molecular complexity index is 349. The maximum Gasteiger partial charge on any atom is 0.0589 e. The Labute approximate surface area is 124 Å². The zero-order chi connectivity index (χ0) is 14.8. The summed E-state index contributed by atoms with van der Waals surface area (Å²) in [5.41, 5.74) is 2.77. The number of benzene rings is 1. The van der Waals surface area contributed by atoms with Gasteiger partial charge < -0.3 is 10.1 Å². The molecular weight excluding hydrogens is 248 g/mol. The van der Waals surface area contributed by atoms with Gasteiger partial charge in [0.2, 0.25) is 0 Å². The first-order chi connectivity index (χ1) is 9.61. The molecule has 0 heterocycles. The molecule has 1 rings (SSSR count). The number of likely N-dealkylation sites (N-methyl/N-ethyl adjacent to an activating group) is 1. The average molecular weight is 278 g/mol. The Morgan fingerprint density at radius 2 is 1.80 bits per heavy atom. The van der Waals surface area contributed by atoms with Gasteiger partial charge in [-0.3, -0.25) is 4.90 Å². The fourth-order valence-corrected chi connectivity index (χ4v) is 2.07. The Hall–Kier alpha value is -0.900. The van der Waals surface area contributed by atoms with E-state index in [-0.39, 0.29) is 0 Å². The van der Waals surface area contributed by atoms with E-state index < -0.39 is 0 Å². The normalized spacial score (nSPS) is 11.5. The molecule has 1 aromatic carbocycles. The molecule has 0 aliphatic carbocycles. The lowest BCUT2D eigenvalue weighted by molar-refractivity contribution is 0.158. The minimum Gasteiger partial charge on any atom is -0.383 e. The summed E-state index contributed by atoms with van der Waals surface area (Å²) >= 11 is 0. The number of methoxy groups -OCH3 is 1. The van der Waals surface area contributed by atoms with Crippen molar-refractivity contribution in [1.29, 1.82) is 0 Å². The second-order valence-electron chi connectivity index (χ2n) is 5.90. The second-order valence-corrected chi connectivity index (χ2v) is 5.90. The van der Waals surface area contributed by atoms with Crippen LogP contribution in [-0.2, 0) is 17.7 Å². The average Bonchev–Trinajstić information content (AvgIpc) is 2.43. The van der Waals surface area contributed by atoms with Crippen LogP contribution in [0, 0.1) is 5.92 Å². The van der Waals surface area contributed by atoms with Gasteiger partial charge in [-0.25, -0.2) is 0 Å². The van der Waals surface area contributed by atoms with Crippen molar-refractivity contribution < 1.29 is 4.74 Å². The van der Waals surface area contributed by atoms with Gasteiger partial charge in [0.15, 0.2) is 0 Å². The maximum atomic E-state index is 5.09.